The molecule has 1 aliphatic rings. The van der Waals surface area contributed by atoms with E-state index in [1.165, 1.54) is 23.2 Å². The Bertz CT molecular complexity index is 352. The Morgan fingerprint density at radius 3 is 2.79 bits per heavy atom. The first-order valence-corrected chi connectivity index (χ1v) is 5.37. The molecule has 1 aromatic rings. The number of para-hydroxylation sites is 1. The molecule has 1 nitrogen and oxygen atoms in total. The van der Waals surface area contributed by atoms with Gasteiger partial charge in [-0.1, -0.05) is 25.1 Å². The van der Waals surface area contributed by atoms with Crippen molar-refractivity contribution in [2.45, 2.75) is 45.6 Å². The van der Waals surface area contributed by atoms with Crippen molar-refractivity contribution < 1.29 is 0 Å². The summed E-state index contributed by atoms with van der Waals surface area (Å²) in [5.74, 6) is 0.668. The lowest BCUT2D eigenvalue weighted by atomic mass is 9.81. The lowest BCUT2D eigenvalue weighted by Gasteiger charge is -2.38. The maximum atomic E-state index is 3.63. The Kier molecular flexibility index (Phi) is 2.06. The zero-order valence-corrected chi connectivity index (χ0v) is 9.52. The topological polar surface area (TPSA) is 12.0 Å². The fraction of sp³-hybridized carbons (Fsp3) is 0.538. The molecule has 76 valence electrons. The molecule has 1 heteroatoms. The Morgan fingerprint density at radius 2 is 2.07 bits per heavy atom. The number of hydrogen-bond acceptors (Lipinski definition) is 1. The molecule has 14 heavy (non-hydrogen) atoms. The van der Waals surface area contributed by atoms with E-state index in [9.17, 15) is 0 Å². The van der Waals surface area contributed by atoms with Crippen LogP contribution in [0.3, 0.4) is 0 Å². The number of hydrogen-bond donors (Lipinski definition) is 1. The van der Waals surface area contributed by atoms with Crippen LogP contribution in [0.4, 0.5) is 5.69 Å². The molecular weight excluding hydrogens is 170 g/mol. The summed E-state index contributed by atoms with van der Waals surface area (Å²) in [5.41, 5.74) is 4.43. The van der Waals surface area contributed by atoms with Crippen LogP contribution in [-0.2, 0) is 0 Å². The van der Waals surface area contributed by atoms with Crippen LogP contribution in [0, 0.1) is 6.92 Å². The van der Waals surface area contributed by atoms with Crippen molar-refractivity contribution in [3.8, 4) is 0 Å². The molecule has 0 fully saturated rings. The molecular formula is C13H19N. The highest BCUT2D eigenvalue weighted by molar-refractivity contribution is 5.61. The second kappa shape index (κ2) is 3.01. The third-order valence-electron chi connectivity index (χ3n) is 3.12. The highest BCUT2D eigenvalue weighted by atomic mass is 15.0. The fourth-order valence-corrected chi connectivity index (χ4v) is 2.54. The van der Waals surface area contributed by atoms with Crippen molar-refractivity contribution in [2.24, 2.45) is 0 Å². The Labute approximate surface area is 86.5 Å². The third kappa shape index (κ3) is 1.52. The van der Waals surface area contributed by atoms with Crippen LogP contribution < -0.4 is 5.32 Å². The first-order valence-electron chi connectivity index (χ1n) is 5.37. The van der Waals surface area contributed by atoms with Gasteiger partial charge in [-0.05, 0) is 44.2 Å². The number of aryl methyl sites for hydroxylation is 1. The van der Waals surface area contributed by atoms with Gasteiger partial charge in [0.05, 0.1) is 0 Å². The normalized spacial score (nSPS) is 23.9. The minimum absolute atomic E-state index is 0.235. The fourth-order valence-electron chi connectivity index (χ4n) is 2.54. The van der Waals surface area contributed by atoms with Crippen LogP contribution in [0.15, 0.2) is 18.2 Å². The molecule has 1 aliphatic heterocycles. The van der Waals surface area contributed by atoms with Crippen LogP contribution in [0.25, 0.3) is 0 Å². The van der Waals surface area contributed by atoms with Crippen LogP contribution in [-0.4, -0.2) is 5.54 Å². The molecule has 0 bridgehead atoms. The molecule has 0 amide bonds. The molecule has 2 rings (SSSR count). The number of anilines is 1. The van der Waals surface area contributed by atoms with Crippen LogP contribution in [0.2, 0.25) is 0 Å². The van der Waals surface area contributed by atoms with Gasteiger partial charge < -0.3 is 5.32 Å². The van der Waals surface area contributed by atoms with Gasteiger partial charge in [0.1, 0.15) is 0 Å². The van der Waals surface area contributed by atoms with Gasteiger partial charge >= 0.3 is 0 Å². The van der Waals surface area contributed by atoms with Crippen molar-refractivity contribution in [3.05, 3.63) is 29.3 Å². The Morgan fingerprint density at radius 1 is 1.36 bits per heavy atom. The van der Waals surface area contributed by atoms with E-state index in [-0.39, 0.29) is 5.54 Å². The molecule has 1 heterocycles. The van der Waals surface area contributed by atoms with Gasteiger partial charge in [0.15, 0.2) is 0 Å². The molecule has 1 N–H and O–H groups in total. The van der Waals surface area contributed by atoms with E-state index in [1.807, 2.05) is 0 Å². The summed E-state index contributed by atoms with van der Waals surface area (Å²) in [6.45, 7) is 9.05. The van der Waals surface area contributed by atoms with Crippen molar-refractivity contribution >= 4 is 5.69 Å². The number of rotatable bonds is 0. The predicted octanol–water partition coefficient (Wildman–Crippen LogP) is 3.69. The molecule has 0 unspecified atom stereocenters. The quantitative estimate of drug-likeness (QED) is 0.656. The van der Waals surface area contributed by atoms with Gasteiger partial charge in [-0.25, -0.2) is 0 Å². The monoisotopic (exact) mass is 189 g/mol. The van der Waals surface area contributed by atoms with Gasteiger partial charge in [0.2, 0.25) is 0 Å². The number of benzene rings is 1. The predicted molar refractivity (Wildman–Crippen MR) is 61.9 cm³/mol. The second-order valence-corrected chi connectivity index (χ2v) is 5.15. The van der Waals surface area contributed by atoms with Crippen LogP contribution in [0.1, 0.15) is 44.2 Å². The maximum Gasteiger partial charge on any atom is 0.0409 e. The Hall–Kier alpha value is -0.980. The number of nitrogens with one attached hydrogen (secondary N) is 1. The van der Waals surface area contributed by atoms with Gasteiger partial charge in [-0.15, -0.1) is 0 Å². The summed E-state index contributed by atoms with van der Waals surface area (Å²) in [5, 5.41) is 3.63. The van der Waals surface area contributed by atoms with Crippen LogP contribution in [0.5, 0.6) is 0 Å². The maximum absolute atomic E-state index is 3.63. The molecule has 0 aromatic heterocycles. The zero-order valence-electron chi connectivity index (χ0n) is 9.52. The first-order chi connectivity index (χ1) is 6.49. The van der Waals surface area contributed by atoms with E-state index < -0.39 is 0 Å². The lowest BCUT2D eigenvalue weighted by molar-refractivity contribution is 0.453. The Balaban J connectivity index is 2.51. The summed E-state index contributed by atoms with van der Waals surface area (Å²) >= 11 is 0. The van der Waals surface area contributed by atoms with Crippen molar-refractivity contribution in [1.82, 2.24) is 0 Å². The molecule has 0 saturated carbocycles. The zero-order chi connectivity index (χ0) is 10.3. The highest BCUT2D eigenvalue weighted by Gasteiger charge is 2.29. The van der Waals surface area contributed by atoms with Gasteiger partial charge in [-0.2, -0.15) is 0 Å². The molecule has 0 radical (unpaired) electrons. The molecule has 0 spiro atoms. The van der Waals surface area contributed by atoms with Crippen molar-refractivity contribution in [1.29, 1.82) is 0 Å². The van der Waals surface area contributed by atoms with E-state index in [4.69, 9.17) is 0 Å². The highest BCUT2D eigenvalue weighted by Crippen LogP contribution is 2.39. The minimum atomic E-state index is 0.235. The first kappa shape index (κ1) is 9.57. The summed E-state index contributed by atoms with van der Waals surface area (Å²) in [6, 6.07) is 6.58. The molecule has 1 atom stereocenters. The summed E-state index contributed by atoms with van der Waals surface area (Å²) < 4.78 is 0. The summed E-state index contributed by atoms with van der Waals surface area (Å²) in [6.07, 6.45) is 1.21. The van der Waals surface area contributed by atoms with E-state index >= 15 is 0 Å². The van der Waals surface area contributed by atoms with E-state index in [2.05, 4.69) is 51.2 Å². The molecule has 0 saturated heterocycles. The van der Waals surface area contributed by atoms with Crippen molar-refractivity contribution in [3.63, 3.8) is 0 Å². The van der Waals surface area contributed by atoms with E-state index in [1.54, 1.807) is 0 Å². The van der Waals surface area contributed by atoms with Crippen LogP contribution >= 0.6 is 0 Å². The standard InChI is InChI=1S/C13H19N/c1-9-6-5-7-11-10(2)8-13(3,4)14-12(9)11/h5-7,10,14H,8H2,1-4H3/t10-/m0/s1. The van der Waals surface area contributed by atoms with Gasteiger partial charge in [-0.3, -0.25) is 0 Å². The van der Waals surface area contributed by atoms with E-state index in [0.717, 1.165) is 0 Å². The van der Waals surface area contributed by atoms with Crippen molar-refractivity contribution in [2.75, 3.05) is 5.32 Å². The minimum Gasteiger partial charge on any atom is -0.380 e. The molecule has 0 aliphatic carbocycles. The lowest BCUT2D eigenvalue weighted by Crippen LogP contribution is -2.36. The van der Waals surface area contributed by atoms with Gasteiger partial charge in [0.25, 0.3) is 0 Å². The average molecular weight is 189 g/mol. The third-order valence-corrected chi connectivity index (χ3v) is 3.12. The average Bonchev–Trinajstić information content (AvgIpc) is 2.05. The smallest absolute Gasteiger partial charge is 0.0409 e. The van der Waals surface area contributed by atoms with Gasteiger partial charge in [0, 0.05) is 11.2 Å². The summed E-state index contributed by atoms with van der Waals surface area (Å²) in [4.78, 5) is 0. The number of fused-ring (bicyclic) bond motifs is 1. The second-order valence-electron chi connectivity index (χ2n) is 5.15. The summed E-state index contributed by atoms with van der Waals surface area (Å²) in [7, 11) is 0. The largest absolute Gasteiger partial charge is 0.380 e. The molecule has 1 aromatic carbocycles. The SMILES string of the molecule is Cc1cccc2c1NC(C)(C)C[C@@H]2C. The van der Waals surface area contributed by atoms with E-state index in [0.29, 0.717) is 5.92 Å².